The van der Waals surface area contributed by atoms with Gasteiger partial charge < -0.3 is 10.0 Å². The lowest BCUT2D eigenvalue weighted by molar-refractivity contribution is 0.0742. The topological polar surface area (TPSA) is 69.2 Å². The summed E-state index contributed by atoms with van der Waals surface area (Å²) in [5.74, 6) is -0.511. The Morgan fingerprint density at radius 3 is 2.65 bits per heavy atom. The van der Waals surface area contributed by atoms with E-state index in [1.807, 2.05) is 6.92 Å². The number of nitrogens with zero attached hydrogens (tertiary/aromatic N) is 2. The minimum atomic E-state index is -0.577. The minimum Gasteiger partial charge on any atom is -0.507 e. The van der Waals surface area contributed by atoms with E-state index < -0.39 is 6.04 Å². The van der Waals surface area contributed by atoms with Gasteiger partial charge in [-0.15, -0.1) is 0 Å². The fourth-order valence-electron chi connectivity index (χ4n) is 3.57. The SMILES string of the molecule is CCCN1C(=O)c2[nH]nc(-c3ccccc3O)c2C1c1ccccc1F. The number of hydrogen-bond donors (Lipinski definition) is 2. The number of aromatic amines is 1. The summed E-state index contributed by atoms with van der Waals surface area (Å²) in [4.78, 5) is 14.5. The van der Waals surface area contributed by atoms with Gasteiger partial charge in [0.05, 0.1) is 6.04 Å². The molecule has 1 aliphatic rings. The summed E-state index contributed by atoms with van der Waals surface area (Å²) in [7, 11) is 0. The summed E-state index contributed by atoms with van der Waals surface area (Å²) in [6, 6.07) is 12.7. The number of carbonyl (C=O) groups excluding carboxylic acids is 1. The number of halogens is 1. The van der Waals surface area contributed by atoms with Gasteiger partial charge >= 0.3 is 0 Å². The van der Waals surface area contributed by atoms with E-state index in [0.29, 0.717) is 34.6 Å². The summed E-state index contributed by atoms with van der Waals surface area (Å²) >= 11 is 0. The van der Waals surface area contributed by atoms with Crippen molar-refractivity contribution in [2.24, 2.45) is 0 Å². The van der Waals surface area contributed by atoms with E-state index in [-0.39, 0.29) is 17.5 Å². The van der Waals surface area contributed by atoms with Gasteiger partial charge in [0.2, 0.25) is 0 Å². The second-order valence-corrected chi connectivity index (χ2v) is 6.30. The van der Waals surface area contributed by atoms with Crippen LogP contribution >= 0.6 is 0 Å². The van der Waals surface area contributed by atoms with E-state index in [1.165, 1.54) is 6.07 Å². The van der Waals surface area contributed by atoms with Crippen LogP contribution in [0, 0.1) is 5.82 Å². The van der Waals surface area contributed by atoms with Crippen molar-refractivity contribution in [1.82, 2.24) is 15.1 Å². The Labute approximate surface area is 150 Å². The largest absolute Gasteiger partial charge is 0.507 e. The molecule has 0 aliphatic carbocycles. The van der Waals surface area contributed by atoms with Crippen molar-refractivity contribution in [2.45, 2.75) is 19.4 Å². The first-order chi connectivity index (χ1) is 12.6. The molecule has 1 atom stereocenters. The molecule has 1 amide bonds. The Hall–Kier alpha value is -3.15. The van der Waals surface area contributed by atoms with E-state index in [4.69, 9.17) is 0 Å². The normalized spacial score (nSPS) is 16.2. The molecule has 0 saturated heterocycles. The Morgan fingerprint density at radius 2 is 1.92 bits per heavy atom. The van der Waals surface area contributed by atoms with Crippen LogP contribution < -0.4 is 0 Å². The molecule has 1 aromatic heterocycles. The second-order valence-electron chi connectivity index (χ2n) is 6.30. The van der Waals surface area contributed by atoms with Crippen molar-refractivity contribution >= 4 is 5.91 Å². The number of aromatic hydroxyl groups is 1. The molecule has 2 heterocycles. The fourth-order valence-corrected chi connectivity index (χ4v) is 3.57. The van der Waals surface area contributed by atoms with Crippen molar-refractivity contribution < 1.29 is 14.3 Å². The van der Waals surface area contributed by atoms with Crippen molar-refractivity contribution in [2.75, 3.05) is 6.54 Å². The van der Waals surface area contributed by atoms with Crippen LogP contribution in [0.1, 0.15) is 41.0 Å². The van der Waals surface area contributed by atoms with Crippen LogP contribution in [0.5, 0.6) is 5.75 Å². The first-order valence-corrected chi connectivity index (χ1v) is 8.55. The molecule has 0 bridgehead atoms. The van der Waals surface area contributed by atoms with E-state index >= 15 is 0 Å². The van der Waals surface area contributed by atoms with Crippen LogP contribution in [0.25, 0.3) is 11.3 Å². The second kappa shape index (κ2) is 6.29. The van der Waals surface area contributed by atoms with Gasteiger partial charge in [0.25, 0.3) is 5.91 Å². The van der Waals surface area contributed by atoms with Gasteiger partial charge in [0, 0.05) is 23.2 Å². The van der Waals surface area contributed by atoms with Gasteiger partial charge in [0.15, 0.2) is 0 Å². The number of amides is 1. The number of fused-ring (bicyclic) bond motifs is 1. The summed E-state index contributed by atoms with van der Waals surface area (Å²) < 4.78 is 14.6. The fraction of sp³-hybridized carbons (Fsp3) is 0.200. The van der Waals surface area contributed by atoms with Gasteiger partial charge in [-0.1, -0.05) is 37.3 Å². The maximum atomic E-state index is 14.6. The van der Waals surface area contributed by atoms with Crippen molar-refractivity contribution in [3.05, 3.63) is 71.2 Å². The van der Waals surface area contributed by atoms with E-state index in [1.54, 1.807) is 47.4 Å². The highest BCUT2D eigenvalue weighted by Gasteiger charge is 2.42. The molecule has 0 fully saturated rings. The first kappa shape index (κ1) is 16.3. The maximum Gasteiger partial charge on any atom is 0.273 e. The quantitative estimate of drug-likeness (QED) is 0.749. The third kappa shape index (κ3) is 2.37. The number of phenols is 1. The van der Waals surface area contributed by atoms with Crippen LogP contribution in [0.3, 0.4) is 0 Å². The Balaban J connectivity index is 1.95. The van der Waals surface area contributed by atoms with Crippen LogP contribution in [0.4, 0.5) is 4.39 Å². The van der Waals surface area contributed by atoms with Gasteiger partial charge in [-0.25, -0.2) is 4.39 Å². The van der Waals surface area contributed by atoms with Crippen molar-refractivity contribution in [3.8, 4) is 17.0 Å². The number of nitrogens with one attached hydrogen (secondary N) is 1. The molecule has 2 aromatic carbocycles. The average molecular weight is 351 g/mol. The zero-order chi connectivity index (χ0) is 18.3. The molecule has 3 aromatic rings. The maximum absolute atomic E-state index is 14.6. The Bertz CT molecular complexity index is 983. The third-order valence-electron chi connectivity index (χ3n) is 4.69. The average Bonchev–Trinajstić information content (AvgIpc) is 3.17. The number of H-pyrrole nitrogens is 1. The first-order valence-electron chi connectivity index (χ1n) is 8.55. The summed E-state index contributed by atoms with van der Waals surface area (Å²) in [5.41, 5.74) is 2.36. The van der Waals surface area contributed by atoms with Crippen LogP contribution in [0.2, 0.25) is 0 Å². The third-order valence-corrected chi connectivity index (χ3v) is 4.69. The number of aromatic nitrogens is 2. The highest BCUT2D eigenvalue weighted by Crippen LogP contribution is 2.44. The lowest BCUT2D eigenvalue weighted by Crippen LogP contribution is -2.30. The number of benzene rings is 2. The van der Waals surface area contributed by atoms with Crippen LogP contribution in [-0.4, -0.2) is 32.7 Å². The summed E-state index contributed by atoms with van der Waals surface area (Å²) in [6.07, 6.45) is 0.750. The lowest BCUT2D eigenvalue weighted by atomic mass is 9.95. The van der Waals surface area contributed by atoms with Gasteiger partial charge in [-0.3, -0.25) is 9.89 Å². The predicted octanol–water partition coefficient (Wildman–Crippen LogP) is 3.88. The molecular formula is C20H18FN3O2. The number of carbonyl (C=O) groups is 1. The van der Waals surface area contributed by atoms with Gasteiger partial charge in [-0.05, 0) is 24.6 Å². The molecule has 1 aliphatic heterocycles. The molecule has 132 valence electrons. The highest BCUT2D eigenvalue weighted by atomic mass is 19.1. The molecule has 1 unspecified atom stereocenters. The number of rotatable bonds is 4. The van der Waals surface area contributed by atoms with Crippen LogP contribution in [-0.2, 0) is 0 Å². The van der Waals surface area contributed by atoms with Gasteiger partial charge in [-0.2, -0.15) is 5.10 Å². The number of hydrogen-bond acceptors (Lipinski definition) is 3. The van der Waals surface area contributed by atoms with E-state index in [2.05, 4.69) is 10.2 Å². The Morgan fingerprint density at radius 1 is 1.19 bits per heavy atom. The molecule has 0 radical (unpaired) electrons. The van der Waals surface area contributed by atoms with Crippen LogP contribution in [0.15, 0.2) is 48.5 Å². The summed E-state index contributed by atoms with van der Waals surface area (Å²) in [6.45, 7) is 2.47. The molecule has 0 saturated carbocycles. The highest BCUT2D eigenvalue weighted by molar-refractivity contribution is 6.00. The molecule has 6 heteroatoms. The molecule has 0 spiro atoms. The smallest absolute Gasteiger partial charge is 0.273 e. The van der Waals surface area contributed by atoms with E-state index in [0.717, 1.165) is 6.42 Å². The standard InChI is InChI=1S/C20H18FN3O2/c1-2-11-24-19(12-7-3-5-9-14(12)21)16-17(22-23-18(16)20(24)26)13-8-4-6-10-15(13)25/h3-10,19,25H,2,11H2,1H3,(H,22,23). The molecule has 4 rings (SSSR count). The monoisotopic (exact) mass is 351 g/mol. The zero-order valence-corrected chi connectivity index (χ0v) is 14.2. The predicted molar refractivity (Wildman–Crippen MR) is 95.3 cm³/mol. The number of para-hydroxylation sites is 1. The molecule has 5 nitrogen and oxygen atoms in total. The molecule has 2 N–H and O–H groups in total. The summed E-state index contributed by atoms with van der Waals surface area (Å²) in [5, 5.41) is 17.3. The minimum absolute atomic E-state index is 0.0653. The Kier molecular flexibility index (Phi) is 3.95. The molecular weight excluding hydrogens is 333 g/mol. The van der Waals surface area contributed by atoms with Crippen molar-refractivity contribution in [3.63, 3.8) is 0 Å². The zero-order valence-electron chi connectivity index (χ0n) is 14.2. The lowest BCUT2D eigenvalue weighted by Gasteiger charge is -2.26. The van der Waals surface area contributed by atoms with E-state index in [9.17, 15) is 14.3 Å². The van der Waals surface area contributed by atoms with Crippen molar-refractivity contribution in [1.29, 1.82) is 0 Å². The van der Waals surface area contributed by atoms with Gasteiger partial charge in [0.1, 0.15) is 23.0 Å². The number of phenolic OH excluding ortho intramolecular Hbond substituents is 1. The molecule has 26 heavy (non-hydrogen) atoms.